The Morgan fingerprint density at radius 3 is 2.50 bits per heavy atom. The van der Waals surface area contributed by atoms with E-state index in [1.54, 1.807) is 11.8 Å². The summed E-state index contributed by atoms with van der Waals surface area (Å²) in [5, 5.41) is 56.7. The maximum atomic E-state index is 13.1. The van der Waals surface area contributed by atoms with Crippen LogP contribution in [0, 0.1) is 0 Å². The van der Waals surface area contributed by atoms with Crippen molar-refractivity contribution in [3.05, 3.63) is 77.1 Å². The smallest absolute Gasteiger partial charge is 0.254 e. The van der Waals surface area contributed by atoms with Gasteiger partial charge in [-0.2, -0.15) is 0 Å². The molecule has 4 atom stereocenters. The van der Waals surface area contributed by atoms with Crippen molar-refractivity contribution in [2.24, 2.45) is 0 Å². The summed E-state index contributed by atoms with van der Waals surface area (Å²) in [6, 6.07) is 16.1. The van der Waals surface area contributed by atoms with Gasteiger partial charge >= 0.3 is 0 Å². The normalized spacial score (nSPS) is 17.1. The highest BCUT2D eigenvalue weighted by Crippen LogP contribution is 2.50. The second-order valence-electron chi connectivity index (χ2n) is 13.5. The fourth-order valence-electron chi connectivity index (χ4n) is 6.04. The average Bonchev–Trinajstić information content (AvgIpc) is 4.10. The number of aromatic nitrogens is 1. The summed E-state index contributed by atoms with van der Waals surface area (Å²) in [6.45, 7) is 1.82. The first-order valence-corrected chi connectivity index (χ1v) is 19.1. The van der Waals surface area contributed by atoms with Crippen LogP contribution in [0.15, 0.2) is 65.8 Å². The number of carbonyl (C=O) groups is 2. The number of benzene rings is 2. The third-order valence-electron chi connectivity index (χ3n) is 9.36. The molecule has 2 aliphatic carbocycles. The van der Waals surface area contributed by atoms with Gasteiger partial charge in [-0.05, 0) is 91.3 Å². The molecular weight excluding hydrogens is 708 g/mol. The van der Waals surface area contributed by atoms with Crippen LogP contribution in [0.3, 0.4) is 0 Å². The summed E-state index contributed by atoms with van der Waals surface area (Å²) in [4.78, 5) is 31.3. The third kappa shape index (κ3) is 10.7. The molecule has 2 saturated carbocycles. The number of para-hydroxylation sites is 1. The molecule has 282 valence electrons. The molecule has 0 unspecified atom stereocenters. The average molecular weight is 757 g/mol. The van der Waals surface area contributed by atoms with Crippen molar-refractivity contribution in [2.75, 3.05) is 32.0 Å². The molecule has 0 bridgehead atoms. The van der Waals surface area contributed by atoms with Crippen LogP contribution < -0.4 is 15.4 Å². The number of hydrogen-bond acceptors (Lipinski definition) is 11. The van der Waals surface area contributed by atoms with E-state index in [0.29, 0.717) is 36.7 Å². The number of halogens is 1. The van der Waals surface area contributed by atoms with Crippen LogP contribution in [-0.2, 0) is 21.7 Å². The molecule has 52 heavy (non-hydrogen) atoms. The molecule has 1 heterocycles. The fraction of sp³-hybridized carbons (Fsp3) is 0.500. The van der Waals surface area contributed by atoms with Crippen molar-refractivity contribution in [3.63, 3.8) is 0 Å². The molecule has 7 N–H and O–H groups in total. The van der Waals surface area contributed by atoms with Gasteiger partial charge in [-0.15, -0.1) is 11.8 Å². The fourth-order valence-corrected chi connectivity index (χ4v) is 7.13. The Balaban J connectivity index is 1.19. The van der Waals surface area contributed by atoms with E-state index >= 15 is 0 Å². The summed E-state index contributed by atoms with van der Waals surface area (Å²) in [5.74, 6) is 0.482. The van der Waals surface area contributed by atoms with E-state index in [1.165, 1.54) is 11.8 Å². The first-order valence-electron chi connectivity index (χ1n) is 17.8. The van der Waals surface area contributed by atoms with Crippen LogP contribution in [0.4, 0.5) is 0 Å². The van der Waals surface area contributed by atoms with Crippen LogP contribution in [0.5, 0.6) is 5.75 Å². The molecule has 1 aromatic heterocycles. The van der Waals surface area contributed by atoms with E-state index in [1.807, 2.05) is 42.7 Å². The zero-order valence-corrected chi connectivity index (χ0v) is 30.9. The summed E-state index contributed by atoms with van der Waals surface area (Å²) < 4.78 is 6.25. The molecule has 14 heteroatoms. The highest BCUT2D eigenvalue weighted by atomic mass is 35.5. The minimum atomic E-state index is -2.01. The summed E-state index contributed by atoms with van der Waals surface area (Å²) in [7, 11) is 0. The standard InChI is InChI=1S/C38H49ClN4O8S/c1-24(45)41-15-4-17-43(37(50)36(49)35(48)34(47)32(46)23-44)18-5-19-52-27-10-11-31(39)25(20-27)21-42-38(13-14-38)30-22-40-16-12-28(30)29-6-2-3-7-33(29)51-26-8-9-26/h2-3,6-7,10-12,16,20,22,26,32,34-36,42,44,46-49H,4-5,8-9,13-15,17-19,21,23H2,1H3,(H,41,45)/t32-,34+,35-,36-/m0/s1. The summed E-state index contributed by atoms with van der Waals surface area (Å²) in [5.41, 5.74) is 4.03. The summed E-state index contributed by atoms with van der Waals surface area (Å²) >= 11 is 8.27. The molecule has 0 radical (unpaired) electrons. The van der Waals surface area contributed by atoms with E-state index in [9.17, 15) is 30.0 Å². The number of carbonyl (C=O) groups excluding carboxylic acids is 2. The van der Waals surface area contributed by atoms with E-state index < -0.39 is 36.9 Å². The van der Waals surface area contributed by atoms with Gasteiger partial charge in [0.2, 0.25) is 5.91 Å². The zero-order valence-electron chi connectivity index (χ0n) is 29.3. The van der Waals surface area contributed by atoms with Gasteiger partial charge in [0.25, 0.3) is 5.91 Å². The molecule has 2 aliphatic rings. The minimum absolute atomic E-state index is 0.183. The number of amides is 2. The molecule has 2 fully saturated rings. The van der Waals surface area contributed by atoms with Gasteiger partial charge in [0, 0.05) is 66.5 Å². The Hall–Kier alpha value is -3.27. The summed E-state index contributed by atoms with van der Waals surface area (Å²) in [6.07, 6.45) is 1.45. The van der Waals surface area contributed by atoms with Crippen molar-refractivity contribution >= 4 is 35.2 Å². The van der Waals surface area contributed by atoms with E-state index in [4.69, 9.17) is 21.4 Å². The van der Waals surface area contributed by atoms with E-state index in [0.717, 1.165) is 58.6 Å². The molecule has 2 aromatic carbocycles. The number of hydrogen-bond donors (Lipinski definition) is 7. The number of nitrogens with zero attached hydrogens (tertiary/aromatic N) is 2. The lowest BCUT2D eigenvalue weighted by Crippen LogP contribution is -2.53. The van der Waals surface area contributed by atoms with Crippen LogP contribution in [0.25, 0.3) is 11.1 Å². The Labute approximate surface area is 313 Å². The molecule has 3 aromatic rings. The van der Waals surface area contributed by atoms with Gasteiger partial charge in [-0.25, -0.2) is 0 Å². The highest BCUT2D eigenvalue weighted by molar-refractivity contribution is 7.99. The molecule has 12 nitrogen and oxygen atoms in total. The van der Waals surface area contributed by atoms with Gasteiger partial charge in [0.15, 0.2) is 6.10 Å². The first kappa shape index (κ1) is 39.9. The van der Waals surface area contributed by atoms with Crippen molar-refractivity contribution in [1.82, 2.24) is 20.5 Å². The molecule has 0 aliphatic heterocycles. The van der Waals surface area contributed by atoms with Crippen molar-refractivity contribution in [3.8, 4) is 16.9 Å². The van der Waals surface area contributed by atoms with Gasteiger partial charge in [0.1, 0.15) is 24.1 Å². The number of pyridine rings is 1. The largest absolute Gasteiger partial charge is 0.490 e. The van der Waals surface area contributed by atoms with Gasteiger partial charge in [-0.3, -0.25) is 14.6 Å². The number of aliphatic hydroxyl groups excluding tert-OH is 5. The van der Waals surface area contributed by atoms with Gasteiger partial charge in [-0.1, -0.05) is 29.8 Å². The Bertz CT molecular complexity index is 1660. The lowest BCUT2D eigenvalue weighted by atomic mass is 9.94. The Morgan fingerprint density at radius 2 is 1.79 bits per heavy atom. The molecule has 0 spiro atoms. The van der Waals surface area contributed by atoms with E-state index in [2.05, 4.69) is 33.8 Å². The van der Waals surface area contributed by atoms with Crippen molar-refractivity contribution in [2.45, 2.75) is 92.9 Å². The van der Waals surface area contributed by atoms with Gasteiger partial charge < -0.3 is 45.8 Å². The van der Waals surface area contributed by atoms with Gasteiger partial charge in [0.05, 0.1) is 12.7 Å². The number of thioether (sulfide) groups is 1. The second kappa shape index (κ2) is 18.7. The zero-order chi connectivity index (χ0) is 37.3. The number of aliphatic hydroxyl groups is 5. The first-order chi connectivity index (χ1) is 25.0. The van der Waals surface area contributed by atoms with E-state index in [-0.39, 0.29) is 30.6 Å². The number of ether oxygens (including phenoxy) is 1. The Kier molecular flexibility index (Phi) is 14.3. The molecular formula is C38H49ClN4O8S. The maximum absolute atomic E-state index is 13.1. The van der Waals surface area contributed by atoms with Crippen molar-refractivity contribution in [1.29, 1.82) is 0 Å². The quantitative estimate of drug-likeness (QED) is 0.0627. The minimum Gasteiger partial charge on any atom is -0.490 e. The molecule has 0 saturated heterocycles. The lowest BCUT2D eigenvalue weighted by molar-refractivity contribution is -0.158. The SMILES string of the molecule is CC(=O)NCCCN(CCCSc1ccc(Cl)c(CNC2(c3cnccc3-c3ccccc3OC3CC3)CC2)c1)C(=O)[C@@H](O)[C@@H](O)[C@H](O)[C@@H](O)CO. The highest BCUT2D eigenvalue weighted by Gasteiger charge is 2.46. The van der Waals surface area contributed by atoms with Crippen molar-refractivity contribution < 1.29 is 39.9 Å². The molecule has 5 rings (SSSR count). The maximum Gasteiger partial charge on any atom is 0.254 e. The predicted molar refractivity (Wildman–Crippen MR) is 199 cm³/mol. The third-order valence-corrected chi connectivity index (χ3v) is 10.8. The van der Waals surface area contributed by atoms with Crippen LogP contribution in [0.2, 0.25) is 5.02 Å². The Morgan fingerprint density at radius 1 is 1.04 bits per heavy atom. The lowest BCUT2D eigenvalue weighted by Gasteiger charge is -2.30. The number of rotatable bonds is 21. The number of nitrogens with one attached hydrogen (secondary N) is 2. The topological polar surface area (TPSA) is 185 Å². The monoisotopic (exact) mass is 756 g/mol. The predicted octanol–water partition coefficient (Wildman–Crippen LogP) is 3.00. The molecule has 2 amide bonds. The van der Waals surface area contributed by atoms with Crippen LogP contribution in [0.1, 0.15) is 56.6 Å². The van der Waals surface area contributed by atoms with Crippen LogP contribution >= 0.6 is 23.4 Å². The second-order valence-corrected chi connectivity index (χ2v) is 15.0. The van der Waals surface area contributed by atoms with Crippen LogP contribution in [-0.4, -0.2) is 110 Å².